The lowest BCUT2D eigenvalue weighted by Gasteiger charge is -2.34. The molecular formula is C22H30N4O2. The predicted octanol–water partition coefficient (Wildman–Crippen LogP) is 2.49. The predicted molar refractivity (Wildman–Crippen MR) is 110 cm³/mol. The Morgan fingerprint density at radius 2 is 2.00 bits per heavy atom. The van der Waals surface area contributed by atoms with E-state index in [9.17, 15) is 9.59 Å². The summed E-state index contributed by atoms with van der Waals surface area (Å²) in [7, 11) is 0. The normalized spacial score (nSPS) is 23.2. The highest BCUT2D eigenvalue weighted by atomic mass is 16.2. The molecule has 1 saturated heterocycles. The van der Waals surface area contributed by atoms with E-state index in [-0.39, 0.29) is 29.8 Å². The first-order valence-electron chi connectivity index (χ1n) is 10.4. The lowest BCUT2D eigenvalue weighted by atomic mass is 9.94. The van der Waals surface area contributed by atoms with Crippen molar-refractivity contribution in [3.63, 3.8) is 0 Å². The van der Waals surface area contributed by atoms with Crippen molar-refractivity contribution >= 4 is 22.7 Å². The second-order valence-corrected chi connectivity index (χ2v) is 8.69. The van der Waals surface area contributed by atoms with Gasteiger partial charge in [-0.25, -0.2) is 0 Å². The Morgan fingerprint density at radius 3 is 2.68 bits per heavy atom. The molecule has 0 bridgehead atoms. The van der Waals surface area contributed by atoms with Crippen LogP contribution in [0, 0.1) is 11.8 Å². The van der Waals surface area contributed by atoms with Crippen LogP contribution in [-0.4, -0.2) is 40.8 Å². The van der Waals surface area contributed by atoms with Crippen LogP contribution in [0.2, 0.25) is 0 Å². The SMILES string of the molecule is CC(C)C[C@@H]1N[C@H](C(=O)N2CCC(C(N)=O)CC2)Cc2c[nH]c3cccc1c23. The number of nitrogens with one attached hydrogen (secondary N) is 2. The Kier molecular flexibility index (Phi) is 5.15. The molecule has 2 atom stereocenters. The molecule has 6 nitrogen and oxygen atoms in total. The van der Waals surface area contributed by atoms with E-state index in [2.05, 4.69) is 42.3 Å². The number of carbonyl (C=O) groups is 2. The van der Waals surface area contributed by atoms with Gasteiger partial charge < -0.3 is 15.6 Å². The van der Waals surface area contributed by atoms with E-state index in [1.165, 1.54) is 16.5 Å². The van der Waals surface area contributed by atoms with Crippen molar-refractivity contribution in [3.05, 3.63) is 35.5 Å². The molecule has 2 aliphatic rings. The van der Waals surface area contributed by atoms with Crippen molar-refractivity contribution < 1.29 is 9.59 Å². The summed E-state index contributed by atoms with van der Waals surface area (Å²) in [6, 6.07) is 6.28. The summed E-state index contributed by atoms with van der Waals surface area (Å²) >= 11 is 0. The zero-order valence-electron chi connectivity index (χ0n) is 16.7. The first kappa shape index (κ1) is 19.0. The molecular weight excluding hydrogens is 352 g/mol. The standard InChI is InChI=1S/C22H30N4O2/c1-13(2)10-18-16-4-3-5-17-20(16)15(12-24-17)11-19(25-18)22(28)26-8-6-14(7-9-26)21(23)27/h3-5,12-14,18-19,24-25H,6-11H2,1-2H3,(H2,23,27)/t18-,19-/m0/s1. The first-order chi connectivity index (χ1) is 13.4. The molecule has 2 aliphatic heterocycles. The number of H-pyrrole nitrogens is 1. The minimum Gasteiger partial charge on any atom is -0.369 e. The summed E-state index contributed by atoms with van der Waals surface area (Å²) in [5, 5.41) is 4.94. The molecule has 0 saturated carbocycles. The number of aromatic amines is 1. The summed E-state index contributed by atoms with van der Waals surface area (Å²) in [5.41, 5.74) is 9.06. The number of benzene rings is 1. The smallest absolute Gasteiger partial charge is 0.240 e. The van der Waals surface area contributed by atoms with Gasteiger partial charge in [0.05, 0.1) is 6.04 Å². The van der Waals surface area contributed by atoms with Gasteiger partial charge in [-0.1, -0.05) is 26.0 Å². The average Bonchev–Trinajstić information content (AvgIpc) is 3.01. The molecule has 0 spiro atoms. The zero-order valence-corrected chi connectivity index (χ0v) is 16.7. The highest BCUT2D eigenvalue weighted by Gasteiger charge is 2.34. The summed E-state index contributed by atoms with van der Waals surface area (Å²) < 4.78 is 0. The Morgan fingerprint density at radius 1 is 1.25 bits per heavy atom. The van der Waals surface area contributed by atoms with Gasteiger partial charge in [0.1, 0.15) is 0 Å². The summed E-state index contributed by atoms with van der Waals surface area (Å²) in [6.45, 7) is 5.65. The molecule has 1 aromatic carbocycles. The summed E-state index contributed by atoms with van der Waals surface area (Å²) in [4.78, 5) is 30.1. The number of nitrogens with zero attached hydrogens (tertiary/aromatic N) is 1. The minimum atomic E-state index is -0.250. The van der Waals surface area contributed by atoms with Crippen molar-refractivity contribution in [3.8, 4) is 0 Å². The van der Waals surface area contributed by atoms with Gasteiger partial charge in [0.15, 0.2) is 0 Å². The first-order valence-corrected chi connectivity index (χ1v) is 10.4. The van der Waals surface area contributed by atoms with E-state index in [4.69, 9.17) is 5.73 Å². The van der Waals surface area contributed by atoms with Gasteiger partial charge in [-0.05, 0) is 48.8 Å². The number of hydrogen-bond donors (Lipinski definition) is 3. The van der Waals surface area contributed by atoms with Crippen LogP contribution in [0.4, 0.5) is 0 Å². The Hall–Kier alpha value is -2.34. The molecule has 6 heteroatoms. The number of carbonyl (C=O) groups excluding carboxylic acids is 2. The Labute approximate surface area is 165 Å². The van der Waals surface area contributed by atoms with Crippen molar-refractivity contribution in [1.82, 2.24) is 15.2 Å². The van der Waals surface area contributed by atoms with E-state index >= 15 is 0 Å². The third kappa shape index (κ3) is 3.53. The van der Waals surface area contributed by atoms with E-state index in [0.717, 1.165) is 11.9 Å². The number of likely N-dealkylation sites (tertiary alicyclic amines) is 1. The quantitative estimate of drug-likeness (QED) is 0.759. The van der Waals surface area contributed by atoms with Crippen LogP contribution in [0.3, 0.4) is 0 Å². The summed E-state index contributed by atoms with van der Waals surface area (Å²) in [5.74, 6) is 0.310. The number of primary amides is 1. The zero-order chi connectivity index (χ0) is 19.8. The van der Waals surface area contributed by atoms with Crippen LogP contribution in [-0.2, 0) is 16.0 Å². The maximum Gasteiger partial charge on any atom is 0.240 e. The molecule has 0 radical (unpaired) electrons. The van der Waals surface area contributed by atoms with E-state index in [0.29, 0.717) is 38.3 Å². The third-order valence-electron chi connectivity index (χ3n) is 6.24. The molecule has 2 amide bonds. The highest BCUT2D eigenvalue weighted by molar-refractivity contribution is 5.90. The maximum absolute atomic E-state index is 13.3. The molecule has 4 N–H and O–H groups in total. The Balaban J connectivity index is 1.59. The topological polar surface area (TPSA) is 91.2 Å². The lowest BCUT2D eigenvalue weighted by Crippen LogP contribution is -2.51. The molecule has 0 aliphatic carbocycles. The van der Waals surface area contributed by atoms with Gasteiger partial charge in [0.25, 0.3) is 0 Å². The highest BCUT2D eigenvalue weighted by Crippen LogP contribution is 2.34. The molecule has 3 heterocycles. The monoisotopic (exact) mass is 382 g/mol. The fourth-order valence-electron chi connectivity index (χ4n) is 4.78. The third-order valence-corrected chi connectivity index (χ3v) is 6.24. The molecule has 150 valence electrons. The van der Waals surface area contributed by atoms with Crippen molar-refractivity contribution in [2.75, 3.05) is 13.1 Å². The fourth-order valence-corrected chi connectivity index (χ4v) is 4.78. The maximum atomic E-state index is 13.3. The van der Waals surface area contributed by atoms with Gasteiger partial charge in [-0.2, -0.15) is 0 Å². The van der Waals surface area contributed by atoms with Crippen LogP contribution >= 0.6 is 0 Å². The molecule has 2 aromatic rings. The molecule has 28 heavy (non-hydrogen) atoms. The van der Waals surface area contributed by atoms with Crippen molar-refractivity contribution in [1.29, 1.82) is 0 Å². The fraction of sp³-hybridized carbons (Fsp3) is 0.545. The summed E-state index contributed by atoms with van der Waals surface area (Å²) in [6.07, 6.45) is 5.04. The minimum absolute atomic E-state index is 0.103. The number of aromatic nitrogens is 1. The lowest BCUT2D eigenvalue weighted by molar-refractivity contribution is -0.137. The van der Waals surface area contributed by atoms with E-state index in [1.54, 1.807) is 0 Å². The van der Waals surface area contributed by atoms with Crippen LogP contribution in [0.5, 0.6) is 0 Å². The largest absolute Gasteiger partial charge is 0.369 e. The van der Waals surface area contributed by atoms with Gasteiger partial charge in [0.2, 0.25) is 11.8 Å². The van der Waals surface area contributed by atoms with Crippen LogP contribution < -0.4 is 11.1 Å². The van der Waals surface area contributed by atoms with Crippen LogP contribution in [0.1, 0.15) is 50.3 Å². The van der Waals surface area contributed by atoms with Gasteiger partial charge in [-0.3, -0.25) is 14.9 Å². The van der Waals surface area contributed by atoms with Crippen molar-refractivity contribution in [2.24, 2.45) is 17.6 Å². The van der Waals surface area contributed by atoms with Gasteiger partial charge >= 0.3 is 0 Å². The van der Waals surface area contributed by atoms with E-state index in [1.807, 2.05) is 11.1 Å². The number of piperidine rings is 1. The van der Waals surface area contributed by atoms with E-state index < -0.39 is 0 Å². The Bertz CT molecular complexity index is 880. The second-order valence-electron chi connectivity index (χ2n) is 8.69. The number of rotatable bonds is 4. The average molecular weight is 383 g/mol. The van der Waals surface area contributed by atoms with Crippen LogP contribution in [0.15, 0.2) is 24.4 Å². The van der Waals surface area contributed by atoms with Gasteiger partial charge in [-0.15, -0.1) is 0 Å². The number of hydrogen-bond acceptors (Lipinski definition) is 3. The molecule has 0 unspecified atom stereocenters. The molecule has 4 rings (SSSR count). The molecule has 1 fully saturated rings. The number of amides is 2. The second kappa shape index (κ2) is 7.59. The van der Waals surface area contributed by atoms with Crippen LogP contribution in [0.25, 0.3) is 10.9 Å². The van der Waals surface area contributed by atoms with Crippen molar-refractivity contribution in [2.45, 2.75) is 51.6 Å². The number of nitrogens with two attached hydrogens (primary N) is 1. The molecule has 1 aromatic heterocycles. The van der Waals surface area contributed by atoms with Gasteiger partial charge in [0, 0.05) is 42.1 Å².